The van der Waals surface area contributed by atoms with Gasteiger partial charge in [-0.25, -0.2) is 0 Å². The van der Waals surface area contributed by atoms with Crippen molar-refractivity contribution in [1.82, 2.24) is 5.32 Å². The first-order valence-electron chi connectivity index (χ1n) is 8.19. The maximum atomic E-state index is 3.62. The fourth-order valence-corrected chi connectivity index (χ4v) is 2.59. The van der Waals surface area contributed by atoms with E-state index in [0.717, 1.165) is 6.54 Å². The molecular formula is C18H32N2. The van der Waals surface area contributed by atoms with Crippen LogP contribution in [0, 0.1) is 0 Å². The third kappa shape index (κ3) is 5.96. The molecule has 1 rings (SSSR count). The molecular weight excluding hydrogens is 244 g/mol. The lowest BCUT2D eigenvalue weighted by molar-refractivity contribution is 0.479. The van der Waals surface area contributed by atoms with Crippen molar-refractivity contribution < 1.29 is 0 Å². The lowest BCUT2D eigenvalue weighted by Gasteiger charge is -2.20. The molecule has 0 fully saturated rings. The van der Waals surface area contributed by atoms with E-state index in [1.807, 2.05) is 0 Å². The van der Waals surface area contributed by atoms with Gasteiger partial charge in [-0.15, -0.1) is 0 Å². The summed E-state index contributed by atoms with van der Waals surface area (Å²) in [4.78, 5) is 2.15. The Bertz CT molecular complexity index is 343. The van der Waals surface area contributed by atoms with Crippen LogP contribution in [-0.4, -0.2) is 20.6 Å². The summed E-state index contributed by atoms with van der Waals surface area (Å²) in [5.74, 6) is 0. The monoisotopic (exact) mass is 276 g/mol. The van der Waals surface area contributed by atoms with Crippen LogP contribution in [0.5, 0.6) is 0 Å². The molecule has 2 heteroatoms. The molecule has 0 aliphatic carbocycles. The number of hydrogen-bond donors (Lipinski definition) is 1. The summed E-state index contributed by atoms with van der Waals surface area (Å²) in [5, 5.41) is 3.62. The summed E-state index contributed by atoms with van der Waals surface area (Å²) in [6.07, 6.45) is 8.03. The molecule has 0 aromatic heterocycles. The van der Waals surface area contributed by atoms with Crippen molar-refractivity contribution in [3.05, 3.63) is 29.8 Å². The maximum Gasteiger partial charge on any atom is 0.0361 e. The normalized spacial score (nSPS) is 12.4. The van der Waals surface area contributed by atoms with E-state index in [4.69, 9.17) is 0 Å². The molecule has 0 saturated heterocycles. The summed E-state index contributed by atoms with van der Waals surface area (Å²) < 4.78 is 0. The van der Waals surface area contributed by atoms with Crippen LogP contribution in [0.25, 0.3) is 0 Å². The van der Waals surface area contributed by atoms with Crippen molar-refractivity contribution >= 4 is 5.69 Å². The molecule has 1 unspecified atom stereocenters. The molecule has 114 valence electrons. The molecule has 1 N–H and O–H groups in total. The number of anilines is 1. The largest absolute Gasteiger partial charge is 0.378 e. The SMILES string of the molecule is CCCCCCCC(NCC)c1ccc(N(C)C)cc1. The van der Waals surface area contributed by atoms with Crippen LogP contribution >= 0.6 is 0 Å². The summed E-state index contributed by atoms with van der Waals surface area (Å²) >= 11 is 0. The minimum atomic E-state index is 0.512. The van der Waals surface area contributed by atoms with Gasteiger partial charge in [0.1, 0.15) is 0 Å². The van der Waals surface area contributed by atoms with E-state index in [2.05, 4.69) is 62.4 Å². The van der Waals surface area contributed by atoms with Gasteiger partial charge in [0.05, 0.1) is 0 Å². The van der Waals surface area contributed by atoms with Crippen LogP contribution in [0.4, 0.5) is 5.69 Å². The summed E-state index contributed by atoms with van der Waals surface area (Å²) in [6.45, 7) is 5.50. The highest BCUT2D eigenvalue weighted by Crippen LogP contribution is 2.22. The minimum Gasteiger partial charge on any atom is -0.378 e. The lowest BCUT2D eigenvalue weighted by Crippen LogP contribution is -2.21. The van der Waals surface area contributed by atoms with Crippen molar-refractivity contribution in [2.75, 3.05) is 25.5 Å². The van der Waals surface area contributed by atoms with Gasteiger partial charge >= 0.3 is 0 Å². The standard InChI is InChI=1S/C18H32N2/c1-5-7-8-9-10-11-18(19-6-2)16-12-14-17(15-13-16)20(3)4/h12-15,18-19H,5-11H2,1-4H3. The number of unbranched alkanes of at least 4 members (excludes halogenated alkanes) is 4. The van der Waals surface area contributed by atoms with Crippen molar-refractivity contribution in [1.29, 1.82) is 0 Å². The van der Waals surface area contributed by atoms with Gasteiger partial charge in [0.15, 0.2) is 0 Å². The third-order valence-corrected chi connectivity index (χ3v) is 3.86. The van der Waals surface area contributed by atoms with Crippen molar-refractivity contribution in [3.63, 3.8) is 0 Å². The van der Waals surface area contributed by atoms with E-state index in [-0.39, 0.29) is 0 Å². The van der Waals surface area contributed by atoms with Crippen LogP contribution in [0.2, 0.25) is 0 Å². The smallest absolute Gasteiger partial charge is 0.0361 e. The summed E-state index contributed by atoms with van der Waals surface area (Å²) in [7, 11) is 4.18. The van der Waals surface area contributed by atoms with Gasteiger partial charge in [0.25, 0.3) is 0 Å². The van der Waals surface area contributed by atoms with Gasteiger partial charge in [0, 0.05) is 25.8 Å². The zero-order chi connectivity index (χ0) is 14.8. The Kier molecular flexibility index (Phi) is 8.36. The van der Waals surface area contributed by atoms with Gasteiger partial charge in [-0.2, -0.15) is 0 Å². The topological polar surface area (TPSA) is 15.3 Å². The van der Waals surface area contributed by atoms with Crippen LogP contribution in [-0.2, 0) is 0 Å². The van der Waals surface area contributed by atoms with E-state index in [0.29, 0.717) is 6.04 Å². The quantitative estimate of drug-likeness (QED) is 0.620. The van der Waals surface area contributed by atoms with Gasteiger partial charge in [-0.3, -0.25) is 0 Å². The fraction of sp³-hybridized carbons (Fsp3) is 0.667. The first-order chi connectivity index (χ1) is 9.69. The van der Waals surface area contributed by atoms with Gasteiger partial charge in [-0.05, 0) is 30.7 Å². The first kappa shape index (κ1) is 17.0. The molecule has 2 nitrogen and oxygen atoms in total. The molecule has 0 aliphatic heterocycles. The third-order valence-electron chi connectivity index (χ3n) is 3.86. The molecule has 0 aliphatic rings. The van der Waals surface area contributed by atoms with Crippen molar-refractivity contribution in [3.8, 4) is 0 Å². The molecule has 0 bridgehead atoms. The summed E-state index contributed by atoms with van der Waals surface area (Å²) in [6, 6.07) is 9.49. The second-order valence-electron chi connectivity index (χ2n) is 5.80. The fourth-order valence-electron chi connectivity index (χ4n) is 2.59. The van der Waals surface area contributed by atoms with Crippen LogP contribution < -0.4 is 10.2 Å². The van der Waals surface area contributed by atoms with Crippen LogP contribution in [0.15, 0.2) is 24.3 Å². The minimum absolute atomic E-state index is 0.512. The van der Waals surface area contributed by atoms with Crippen LogP contribution in [0.3, 0.4) is 0 Å². The second kappa shape index (κ2) is 9.82. The molecule has 0 radical (unpaired) electrons. The Labute approximate surface area is 125 Å². The van der Waals surface area contributed by atoms with E-state index in [1.165, 1.54) is 49.8 Å². The van der Waals surface area contributed by atoms with E-state index in [1.54, 1.807) is 0 Å². The zero-order valence-electron chi connectivity index (χ0n) is 13.8. The Balaban J connectivity index is 2.51. The average molecular weight is 276 g/mol. The number of nitrogens with one attached hydrogen (secondary N) is 1. The van der Waals surface area contributed by atoms with E-state index in [9.17, 15) is 0 Å². The number of nitrogens with zero attached hydrogens (tertiary/aromatic N) is 1. The van der Waals surface area contributed by atoms with Crippen molar-refractivity contribution in [2.45, 2.75) is 58.4 Å². The number of hydrogen-bond acceptors (Lipinski definition) is 2. The van der Waals surface area contributed by atoms with E-state index < -0.39 is 0 Å². The molecule has 1 aromatic rings. The molecule has 20 heavy (non-hydrogen) atoms. The molecule has 0 saturated carbocycles. The Hall–Kier alpha value is -1.02. The highest BCUT2D eigenvalue weighted by Gasteiger charge is 2.10. The average Bonchev–Trinajstić information content (AvgIpc) is 2.46. The highest BCUT2D eigenvalue weighted by atomic mass is 15.1. The lowest BCUT2D eigenvalue weighted by atomic mass is 9.99. The summed E-state index contributed by atoms with van der Waals surface area (Å²) in [5.41, 5.74) is 2.69. The maximum absolute atomic E-state index is 3.62. The van der Waals surface area contributed by atoms with Crippen molar-refractivity contribution in [2.24, 2.45) is 0 Å². The first-order valence-corrected chi connectivity index (χ1v) is 8.19. The van der Waals surface area contributed by atoms with Gasteiger partial charge in [-0.1, -0.05) is 58.1 Å². The Morgan fingerprint density at radius 2 is 1.60 bits per heavy atom. The predicted molar refractivity (Wildman–Crippen MR) is 90.6 cm³/mol. The van der Waals surface area contributed by atoms with Crippen LogP contribution in [0.1, 0.15) is 64.0 Å². The molecule has 1 aromatic carbocycles. The molecule has 0 amide bonds. The van der Waals surface area contributed by atoms with E-state index >= 15 is 0 Å². The van der Waals surface area contributed by atoms with Gasteiger partial charge < -0.3 is 10.2 Å². The molecule has 0 heterocycles. The predicted octanol–water partition coefficient (Wildman–Crippen LogP) is 4.76. The zero-order valence-corrected chi connectivity index (χ0v) is 13.8. The highest BCUT2D eigenvalue weighted by molar-refractivity contribution is 5.46. The molecule has 0 spiro atoms. The number of rotatable bonds is 10. The Morgan fingerprint density at radius 1 is 0.950 bits per heavy atom. The second-order valence-corrected chi connectivity index (χ2v) is 5.80. The molecule has 1 atom stereocenters. The van der Waals surface area contributed by atoms with Gasteiger partial charge in [0.2, 0.25) is 0 Å². The number of benzene rings is 1. The Morgan fingerprint density at radius 3 is 2.15 bits per heavy atom.